The molecule has 0 aromatic rings. The minimum atomic E-state index is -0.990. The van der Waals surface area contributed by atoms with Crippen molar-refractivity contribution in [2.24, 2.45) is 39.7 Å². The van der Waals surface area contributed by atoms with Crippen LogP contribution in [0.1, 0.15) is 72.1 Å². The standard InChI is InChI=1S/C23H35NO4/c1-14(25)18-6-7-19-17-5-4-15-12-16(24-28-13-21(26)27)8-10-22(15,2)20(17)9-11-23(18,19)3/h12,14,17-20,25H,4-11,13H2,1-3H3,(H,26,27)/t14-,17?,18?,19?,20?,22-,23+/m0/s1. The molecule has 28 heavy (non-hydrogen) atoms. The molecule has 7 atom stereocenters. The number of nitrogens with zero attached hydrogens (tertiary/aromatic N) is 1. The van der Waals surface area contributed by atoms with E-state index < -0.39 is 5.97 Å². The predicted octanol–water partition coefficient (Wildman–Crippen LogP) is 4.40. The van der Waals surface area contributed by atoms with Gasteiger partial charge >= 0.3 is 5.97 Å². The summed E-state index contributed by atoms with van der Waals surface area (Å²) in [6.45, 7) is 6.52. The summed E-state index contributed by atoms with van der Waals surface area (Å²) in [6, 6.07) is 0. The molecule has 0 aromatic heterocycles. The molecule has 0 spiro atoms. The maximum Gasteiger partial charge on any atom is 0.344 e. The lowest BCUT2D eigenvalue weighted by Crippen LogP contribution is -2.51. The molecule has 2 N–H and O–H groups in total. The van der Waals surface area contributed by atoms with Crippen LogP contribution < -0.4 is 0 Å². The van der Waals surface area contributed by atoms with Crippen molar-refractivity contribution in [1.29, 1.82) is 0 Å². The van der Waals surface area contributed by atoms with Gasteiger partial charge < -0.3 is 15.1 Å². The molecule has 4 unspecified atom stereocenters. The molecule has 0 saturated heterocycles. The number of aliphatic hydroxyl groups is 1. The predicted molar refractivity (Wildman–Crippen MR) is 108 cm³/mol. The van der Waals surface area contributed by atoms with Crippen LogP contribution in [0.15, 0.2) is 16.8 Å². The Morgan fingerprint density at radius 2 is 2.00 bits per heavy atom. The molecular weight excluding hydrogens is 354 g/mol. The first kappa shape index (κ1) is 19.9. The zero-order valence-electron chi connectivity index (χ0n) is 17.5. The van der Waals surface area contributed by atoms with Gasteiger partial charge in [-0.25, -0.2) is 4.79 Å². The number of aliphatic hydroxyl groups excluding tert-OH is 1. The van der Waals surface area contributed by atoms with E-state index in [9.17, 15) is 9.90 Å². The zero-order valence-corrected chi connectivity index (χ0v) is 17.5. The first-order chi connectivity index (χ1) is 13.3. The fourth-order valence-corrected chi connectivity index (χ4v) is 7.65. The van der Waals surface area contributed by atoms with Crippen LogP contribution in [0.25, 0.3) is 0 Å². The zero-order chi connectivity index (χ0) is 20.1. The van der Waals surface area contributed by atoms with Gasteiger partial charge in [0, 0.05) is 0 Å². The number of hydrogen-bond donors (Lipinski definition) is 2. The Bertz CT molecular complexity index is 699. The molecule has 0 heterocycles. The second-order valence-corrected chi connectivity index (χ2v) is 10.2. The van der Waals surface area contributed by atoms with E-state index in [2.05, 4.69) is 25.1 Å². The van der Waals surface area contributed by atoms with Gasteiger partial charge in [-0.3, -0.25) is 0 Å². The van der Waals surface area contributed by atoms with E-state index in [1.807, 2.05) is 6.92 Å². The molecule has 5 heteroatoms. The molecule has 0 aliphatic heterocycles. The first-order valence-electron chi connectivity index (χ1n) is 11.1. The van der Waals surface area contributed by atoms with Crippen LogP contribution in [0.4, 0.5) is 0 Å². The van der Waals surface area contributed by atoms with Gasteiger partial charge in [0.05, 0.1) is 11.8 Å². The van der Waals surface area contributed by atoms with Crippen molar-refractivity contribution in [3.8, 4) is 0 Å². The van der Waals surface area contributed by atoms with Crippen molar-refractivity contribution >= 4 is 11.7 Å². The monoisotopic (exact) mass is 389 g/mol. The third kappa shape index (κ3) is 3.10. The Morgan fingerprint density at radius 1 is 1.21 bits per heavy atom. The minimum Gasteiger partial charge on any atom is -0.479 e. The third-order valence-electron chi connectivity index (χ3n) is 9.00. The maximum absolute atomic E-state index is 10.6. The number of rotatable bonds is 4. The molecule has 0 bridgehead atoms. The number of aliphatic carboxylic acids is 1. The van der Waals surface area contributed by atoms with Gasteiger partial charge in [0.2, 0.25) is 6.61 Å². The summed E-state index contributed by atoms with van der Waals surface area (Å²) in [5, 5.41) is 23.2. The Morgan fingerprint density at radius 3 is 2.71 bits per heavy atom. The summed E-state index contributed by atoms with van der Waals surface area (Å²) in [5.74, 6) is 1.71. The Labute approximate surface area is 168 Å². The van der Waals surface area contributed by atoms with Crippen molar-refractivity contribution in [3.05, 3.63) is 11.6 Å². The van der Waals surface area contributed by atoms with Gasteiger partial charge in [0.25, 0.3) is 0 Å². The summed E-state index contributed by atoms with van der Waals surface area (Å²) in [6.07, 6.45) is 11.3. The average molecular weight is 390 g/mol. The van der Waals surface area contributed by atoms with Crippen LogP contribution in [0.5, 0.6) is 0 Å². The normalized spacial score (nSPS) is 44.9. The van der Waals surface area contributed by atoms with Crippen molar-refractivity contribution in [1.82, 2.24) is 0 Å². The molecule has 4 aliphatic carbocycles. The Balaban J connectivity index is 1.54. The molecule has 0 radical (unpaired) electrons. The quantitative estimate of drug-likeness (QED) is 0.698. The largest absolute Gasteiger partial charge is 0.479 e. The number of oxime groups is 1. The van der Waals surface area contributed by atoms with Crippen LogP contribution in [-0.2, 0) is 9.63 Å². The van der Waals surface area contributed by atoms with Gasteiger partial charge in [0.15, 0.2) is 0 Å². The number of allylic oxidation sites excluding steroid dienone is 2. The van der Waals surface area contributed by atoms with Gasteiger partial charge in [-0.2, -0.15) is 0 Å². The second kappa shape index (κ2) is 7.16. The lowest BCUT2D eigenvalue weighted by Gasteiger charge is -2.58. The van der Waals surface area contributed by atoms with E-state index in [0.717, 1.165) is 42.7 Å². The molecule has 0 amide bonds. The van der Waals surface area contributed by atoms with E-state index >= 15 is 0 Å². The van der Waals surface area contributed by atoms with Gasteiger partial charge in [-0.1, -0.05) is 24.6 Å². The highest BCUT2D eigenvalue weighted by atomic mass is 16.6. The summed E-state index contributed by atoms with van der Waals surface area (Å²) < 4.78 is 0. The number of carboxylic acids is 1. The second-order valence-electron chi connectivity index (χ2n) is 10.2. The molecule has 3 fully saturated rings. The van der Waals surface area contributed by atoms with Crippen molar-refractivity contribution in [3.63, 3.8) is 0 Å². The lowest BCUT2D eigenvalue weighted by molar-refractivity contribution is -0.142. The van der Waals surface area contributed by atoms with E-state index in [-0.39, 0.29) is 18.1 Å². The van der Waals surface area contributed by atoms with Crippen molar-refractivity contribution in [2.45, 2.75) is 78.2 Å². The Kier molecular flexibility index (Phi) is 5.09. The van der Waals surface area contributed by atoms with Gasteiger partial charge in [-0.05, 0) is 98.9 Å². The highest BCUT2D eigenvalue weighted by molar-refractivity contribution is 5.96. The molecule has 3 saturated carbocycles. The van der Waals surface area contributed by atoms with Crippen LogP contribution in [-0.4, -0.2) is 34.6 Å². The smallest absolute Gasteiger partial charge is 0.344 e. The average Bonchev–Trinajstić information content (AvgIpc) is 2.99. The minimum absolute atomic E-state index is 0.194. The van der Waals surface area contributed by atoms with Crippen molar-refractivity contribution in [2.75, 3.05) is 6.61 Å². The summed E-state index contributed by atoms with van der Waals surface area (Å²) in [5.41, 5.74) is 2.92. The topological polar surface area (TPSA) is 79.1 Å². The van der Waals surface area contributed by atoms with Crippen molar-refractivity contribution < 1.29 is 19.8 Å². The fourth-order valence-electron chi connectivity index (χ4n) is 7.65. The van der Waals surface area contributed by atoms with E-state index in [1.165, 1.54) is 37.7 Å². The number of hydrogen-bond acceptors (Lipinski definition) is 4. The fraction of sp³-hybridized carbons (Fsp3) is 0.826. The molecule has 0 aromatic carbocycles. The van der Waals surface area contributed by atoms with Crippen LogP contribution >= 0.6 is 0 Å². The highest BCUT2D eigenvalue weighted by Crippen LogP contribution is 2.66. The summed E-state index contributed by atoms with van der Waals surface area (Å²) >= 11 is 0. The number of carboxylic acid groups (broad SMARTS) is 1. The number of fused-ring (bicyclic) bond motifs is 5. The molecular formula is C23H35NO4. The van der Waals surface area contributed by atoms with E-state index in [4.69, 9.17) is 9.94 Å². The summed E-state index contributed by atoms with van der Waals surface area (Å²) in [7, 11) is 0. The molecule has 4 rings (SSSR count). The SMILES string of the molecule is C[C@H](O)C1CCC2C3CCC4=CC(=NOCC(=O)O)CC[C@]4(C)C3CC[C@@]21C. The molecule has 5 nitrogen and oxygen atoms in total. The van der Waals surface area contributed by atoms with Crippen LogP contribution in [0.3, 0.4) is 0 Å². The van der Waals surface area contributed by atoms with Gasteiger partial charge in [0.1, 0.15) is 0 Å². The maximum atomic E-state index is 10.6. The summed E-state index contributed by atoms with van der Waals surface area (Å²) in [4.78, 5) is 15.6. The van der Waals surface area contributed by atoms with E-state index in [1.54, 1.807) is 0 Å². The van der Waals surface area contributed by atoms with E-state index in [0.29, 0.717) is 11.3 Å². The first-order valence-corrected chi connectivity index (χ1v) is 11.1. The molecule has 4 aliphatic rings. The van der Waals surface area contributed by atoms with Crippen LogP contribution in [0.2, 0.25) is 0 Å². The third-order valence-corrected chi connectivity index (χ3v) is 9.00. The highest BCUT2D eigenvalue weighted by Gasteiger charge is 2.59. The lowest BCUT2D eigenvalue weighted by atomic mass is 9.46. The van der Waals surface area contributed by atoms with Gasteiger partial charge in [-0.15, -0.1) is 0 Å². The number of carbonyl (C=O) groups is 1. The molecule has 156 valence electrons. The Hall–Kier alpha value is -1.36. The van der Waals surface area contributed by atoms with Crippen LogP contribution in [0, 0.1) is 34.5 Å².